The summed E-state index contributed by atoms with van der Waals surface area (Å²) in [6.07, 6.45) is 1.37. The summed E-state index contributed by atoms with van der Waals surface area (Å²) >= 11 is 12.2. The minimum Gasteiger partial charge on any atom is -0.481 e. The Morgan fingerprint density at radius 3 is 2.35 bits per heavy atom. The molecule has 0 spiro atoms. The Balaban J connectivity index is 1.91. The molecule has 1 saturated carbocycles. The number of carbonyl (C=O) groups is 1. The van der Waals surface area contributed by atoms with Gasteiger partial charge in [-0.05, 0) is 86.4 Å². The van der Waals surface area contributed by atoms with Crippen LogP contribution < -0.4 is 0 Å². The minimum absolute atomic E-state index is 0.0162. The summed E-state index contributed by atoms with van der Waals surface area (Å²) in [5.74, 6) is -1.60. The van der Waals surface area contributed by atoms with Crippen LogP contribution in [0.5, 0.6) is 0 Å². The molecule has 1 aliphatic carbocycles. The second-order valence-electron chi connectivity index (χ2n) is 8.98. The SMILES string of the molecule is CC(C)(C)S(=O)(=O)C1CC1CCc1c(Cl)ccc(-c2ccc(Cl)c(F)c2)c1CC(=O)O. The van der Waals surface area contributed by atoms with Gasteiger partial charge in [0, 0.05) is 5.02 Å². The standard InChI is InChI=1S/C23H25Cl2FO4S/c1-23(2,3)31(29,30)21-11-14(21)4-6-16-17(12-22(27)28)15(7-9-18(16)24)13-5-8-19(25)20(26)10-13/h5,7-10,14,21H,4,6,11-12H2,1-3H3,(H,27,28). The van der Waals surface area contributed by atoms with Crippen molar-refractivity contribution in [1.29, 1.82) is 0 Å². The number of aliphatic carboxylic acids is 1. The molecule has 2 aromatic carbocycles. The van der Waals surface area contributed by atoms with E-state index in [9.17, 15) is 22.7 Å². The molecule has 4 nitrogen and oxygen atoms in total. The van der Waals surface area contributed by atoms with E-state index in [4.69, 9.17) is 23.2 Å². The van der Waals surface area contributed by atoms with Crippen LogP contribution in [0.3, 0.4) is 0 Å². The lowest BCUT2D eigenvalue weighted by atomic mass is 9.90. The summed E-state index contributed by atoms with van der Waals surface area (Å²) in [5.41, 5.74) is 2.26. The van der Waals surface area contributed by atoms with Gasteiger partial charge in [0.1, 0.15) is 5.82 Å². The monoisotopic (exact) mass is 486 g/mol. The Morgan fingerprint density at radius 1 is 1.13 bits per heavy atom. The third kappa shape index (κ3) is 5.07. The molecular weight excluding hydrogens is 462 g/mol. The highest BCUT2D eigenvalue weighted by molar-refractivity contribution is 7.93. The first-order valence-electron chi connectivity index (χ1n) is 10.0. The fraction of sp³-hybridized carbons (Fsp3) is 0.435. The maximum Gasteiger partial charge on any atom is 0.307 e. The molecule has 0 heterocycles. The van der Waals surface area contributed by atoms with Crippen molar-refractivity contribution in [3.05, 3.63) is 57.3 Å². The van der Waals surface area contributed by atoms with Gasteiger partial charge in [-0.25, -0.2) is 12.8 Å². The van der Waals surface area contributed by atoms with Gasteiger partial charge in [-0.15, -0.1) is 0 Å². The molecule has 1 N–H and O–H groups in total. The maximum atomic E-state index is 14.0. The van der Waals surface area contributed by atoms with Gasteiger partial charge in [0.05, 0.1) is 21.4 Å². The average molecular weight is 487 g/mol. The number of carboxylic acids is 1. The molecule has 0 saturated heterocycles. The zero-order valence-corrected chi connectivity index (χ0v) is 19.9. The van der Waals surface area contributed by atoms with Crippen molar-refractivity contribution >= 4 is 39.0 Å². The maximum absolute atomic E-state index is 14.0. The first kappa shape index (κ1) is 24.0. The van der Waals surface area contributed by atoms with Crippen LogP contribution in [0.2, 0.25) is 10.0 Å². The molecule has 8 heteroatoms. The van der Waals surface area contributed by atoms with Gasteiger partial charge in [0.15, 0.2) is 9.84 Å². The molecule has 1 fully saturated rings. The van der Waals surface area contributed by atoms with Crippen molar-refractivity contribution in [3.63, 3.8) is 0 Å². The highest BCUT2D eigenvalue weighted by Crippen LogP contribution is 2.45. The van der Waals surface area contributed by atoms with Crippen LogP contribution in [0.15, 0.2) is 30.3 Å². The second kappa shape index (κ2) is 8.72. The fourth-order valence-corrected chi connectivity index (χ4v) is 6.35. The number of benzene rings is 2. The first-order valence-corrected chi connectivity index (χ1v) is 12.3. The molecule has 31 heavy (non-hydrogen) atoms. The van der Waals surface area contributed by atoms with E-state index in [0.717, 1.165) is 0 Å². The second-order valence-corrected chi connectivity index (χ2v) is 12.7. The summed E-state index contributed by atoms with van der Waals surface area (Å²) in [7, 11) is -3.24. The number of carboxylic acid groups (broad SMARTS) is 1. The first-order chi connectivity index (χ1) is 14.3. The molecule has 0 amide bonds. The lowest BCUT2D eigenvalue weighted by Crippen LogP contribution is -2.32. The number of sulfone groups is 1. The van der Waals surface area contributed by atoms with Crippen molar-refractivity contribution in [2.45, 2.75) is 56.5 Å². The summed E-state index contributed by atoms with van der Waals surface area (Å²) in [6.45, 7) is 5.11. The molecule has 0 aromatic heterocycles. The average Bonchev–Trinajstić information content (AvgIpc) is 3.43. The van der Waals surface area contributed by atoms with Crippen LogP contribution in [0, 0.1) is 11.7 Å². The molecule has 1 aliphatic rings. The topological polar surface area (TPSA) is 71.4 Å². The summed E-state index contributed by atoms with van der Waals surface area (Å²) in [6, 6.07) is 7.68. The predicted octanol–water partition coefficient (Wildman–Crippen LogP) is 5.96. The van der Waals surface area contributed by atoms with Gasteiger partial charge in [-0.3, -0.25) is 4.79 Å². The summed E-state index contributed by atoms with van der Waals surface area (Å²) in [4.78, 5) is 11.6. The van der Waals surface area contributed by atoms with Crippen LogP contribution in [-0.4, -0.2) is 29.5 Å². The Hall–Kier alpha value is -1.63. The number of rotatable bonds is 7. The lowest BCUT2D eigenvalue weighted by molar-refractivity contribution is -0.136. The molecule has 2 atom stereocenters. The van der Waals surface area contributed by atoms with E-state index in [1.54, 1.807) is 39.0 Å². The van der Waals surface area contributed by atoms with Crippen molar-refractivity contribution in [2.24, 2.45) is 5.92 Å². The van der Waals surface area contributed by atoms with E-state index >= 15 is 0 Å². The molecule has 0 radical (unpaired) electrons. The van der Waals surface area contributed by atoms with Crippen molar-refractivity contribution < 1.29 is 22.7 Å². The van der Waals surface area contributed by atoms with E-state index in [0.29, 0.717) is 46.5 Å². The van der Waals surface area contributed by atoms with Gasteiger partial charge < -0.3 is 5.11 Å². The number of halogens is 3. The van der Waals surface area contributed by atoms with Gasteiger partial charge in [0.2, 0.25) is 0 Å². The number of hydrogen-bond acceptors (Lipinski definition) is 3. The van der Waals surface area contributed by atoms with Gasteiger partial charge >= 0.3 is 5.97 Å². The zero-order valence-electron chi connectivity index (χ0n) is 17.6. The van der Waals surface area contributed by atoms with Crippen molar-refractivity contribution in [2.75, 3.05) is 0 Å². The van der Waals surface area contributed by atoms with Crippen molar-refractivity contribution in [1.82, 2.24) is 0 Å². The van der Waals surface area contributed by atoms with Crippen LogP contribution in [0.1, 0.15) is 44.7 Å². The fourth-order valence-electron chi connectivity index (χ4n) is 3.91. The smallest absolute Gasteiger partial charge is 0.307 e. The molecule has 2 unspecified atom stereocenters. The predicted molar refractivity (Wildman–Crippen MR) is 122 cm³/mol. The Labute approximate surface area is 192 Å². The van der Waals surface area contributed by atoms with Crippen LogP contribution >= 0.6 is 23.2 Å². The van der Waals surface area contributed by atoms with E-state index in [2.05, 4.69) is 0 Å². The summed E-state index contributed by atoms with van der Waals surface area (Å²) < 4.78 is 38.5. The van der Waals surface area contributed by atoms with Crippen LogP contribution in [0.25, 0.3) is 11.1 Å². The Morgan fingerprint density at radius 2 is 1.77 bits per heavy atom. The Bertz CT molecular complexity index is 1120. The van der Waals surface area contributed by atoms with Gasteiger partial charge in [-0.2, -0.15) is 0 Å². The molecule has 0 aliphatic heterocycles. The molecular formula is C23H25Cl2FO4S. The largest absolute Gasteiger partial charge is 0.481 e. The highest BCUT2D eigenvalue weighted by atomic mass is 35.5. The molecule has 2 aromatic rings. The molecule has 168 valence electrons. The van der Waals surface area contributed by atoms with E-state index in [1.807, 2.05) is 0 Å². The minimum atomic E-state index is -3.24. The summed E-state index contributed by atoms with van der Waals surface area (Å²) in [5, 5.41) is 9.50. The lowest BCUT2D eigenvalue weighted by Gasteiger charge is -2.19. The van der Waals surface area contributed by atoms with E-state index < -0.39 is 26.4 Å². The van der Waals surface area contributed by atoms with E-state index in [1.165, 1.54) is 12.1 Å². The Kier molecular flexibility index (Phi) is 6.76. The third-order valence-electron chi connectivity index (χ3n) is 5.81. The van der Waals surface area contributed by atoms with Crippen molar-refractivity contribution in [3.8, 4) is 11.1 Å². The quantitative estimate of drug-likeness (QED) is 0.523. The zero-order chi connectivity index (χ0) is 23.1. The van der Waals surface area contributed by atoms with Crippen LogP contribution in [0.4, 0.5) is 4.39 Å². The third-order valence-corrected chi connectivity index (χ3v) is 9.55. The van der Waals surface area contributed by atoms with Gasteiger partial charge in [-0.1, -0.05) is 35.3 Å². The van der Waals surface area contributed by atoms with Crippen LogP contribution in [-0.2, 0) is 27.5 Å². The molecule has 3 rings (SSSR count). The molecule has 0 bridgehead atoms. The van der Waals surface area contributed by atoms with Gasteiger partial charge in [0.25, 0.3) is 0 Å². The normalized spacial score (nSPS) is 18.8. The number of hydrogen-bond donors (Lipinski definition) is 1. The highest BCUT2D eigenvalue weighted by Gasteiger charge is 2.51. The van der Waals surface area contributed by atoms with E-state index in [-0.39, 0.29) is 22.6 Å².